The van der Waals surface area contributed by atoms with Crippen molar-refractivity contribution in [1.29, 1.82) is 0 Å². The molecule has 2 aromatic rings. The van der Waals surface area contributed by atoms with Gasteiger partial charge in [0.1, 0.15) is 17.5 Å². The van der Waals surface area contributed by atoms with Gasteiger partial charge in [0.25, 0.3) is 5.56 Å². The van der Waals surface area contributed by atoms with E-state index in [0.717, 1.165) is 11.8 Å². The van der Waals surface area contributed by atoms with Gasteiger partial charge in [-0.15, -0.1) is 11.8 Å². The molecule has 1 aromatic heterocycles. The van der Waals surface area contributed by atoms with Gasteiger partial charge in [0.05, 0.1) is 5.75 Å². The third kappa shape index (κ3) is 5.99. The highest BCUT2D eigenvalue weighted by Crippen LogP contribution is 2.32. The number of nitrogens with two attached hydrogens (primary N) is 1. The number of carbonyl (C=O) groups excluding carboxylic acids is 1. The molecule has 32 heavy (non-hydrogen) atoms. The third-order valence-corrected chi connectivity index (χ3v) is 5.89. The lowest BCUT2D eigenvalue weighted by Crippen LogP contribution is -2.43. The van der Waals surface area contributed by atoms with Crippen LogP contribution in [-0.4, -0.2) is 27.8 Å². The normalized spacial score (nSPS) is 12.4. The third-order valence-electron chi connectivity index (χ3n) is 4.74. The van der Waals surface area contributed by atoms with E-state index in [0.29, 0.717) is 0 Å². The van der Waals surface area contributed by atoms with Crippen LogP contribution in [0.1, 0.15) is 45.4 Å². The average Bonchev–Trinajstić information content (AvgIpc) is 2.67. The number of nitrogens with zero attached hydrogens (tertiary/aromatic N) is 2. The van der Waals surface area contributed by atoms with Crippen LogP contribution in [0.2, 0.25) is 0 Å². The summed E-state index contributed by atoms with van der Waals surface area (Å²) in [5.74, 6) is -1.95. The molecule has 0 spiro atoms. The molecule has 0 aliphatic carbocycles. The Hall–Kier alpha value is -2.62. The highest BCUT2D eigenvalue weighted by Gasteiger charge is 2.26. The second-order valence-corrected chi connectivity index (χ2v) is 9.81. The van der Waals surface area contributed by atoms with Crippen LogP contribution in [0.25, 0.3) is 0 Å². The molecule has 3 N–H and O–H groups in total. The molecular weight excluding hydrogens is 438 g/mol. The van der Waals surface area contributed by atoms with E-state index in [-0.39, 0.29) is 47.7 Å². The molecule has 1 heterocycles. The number of H-pyrrole nitrogens is 1. The van der Waals surface area contributed by atoms with Crippen molar-refractivity contribution < 1.29 is 13.6 Å². The van der Waals surface area contributed by atoms with E-state index >= 15 is 0 Å². The first-order valence-electron chi connectivity index (χ1n) is 10.4. The Kier molecular flexibility index (Phi) is 8.65. The Balaban J connectivity index is 2.37. The van der Waals surface area contributed by atoms with Crippen molar-refractivity contribution in [1.82, 2.24) is 9.55 Å². The maximum absolute atomic E-state index is 14.1. The van der Waals surface area contributed by atoms with E-state index in [9.17, 15) is 23.2 Å². The lowest BCUT2D eigenvalue weighted by atomic mass is 10.1. The van der Waals surface area contributed by atoms with Crippen molar-refractivity contribution in [2.45, 2.75) is 46.4 Å². The van der Waals surface area contributed by atoms with E-state index in [1.165, 1.54) is 27.7 Å². The predicted octanol–water partition coefficient (Wildman–Crippen LogP) is 3.54. The van der Waals surface area contributed by atoms with Crippen LogP contribution in [0, 0.1) is 23.5 Å². The maximum atomic E-state index is 14.1. The zero-order chi connectivity index (χ0) is 24.2. The first-order chi connectivity index (χ1) is 14.9. The smallest absolute Gasteiger partial charge is 0.330 e. The summed E-state index contributed by atoms with van der Waals surface area (Å²) >= 11 is 1.05. The van der Waals surface area contributed by atoms with Crippen molar-refractivity contribution in [3.8, 4) is 0 Å². The van der Waals surface area contributed by atoms with Gasteiger partial charge in [-0.05, 0) is 30.9 Å². The topological polar surface area (TPSA) is 101 Å². The van der Waals surface area contributed by atoms with Crippen LogP contribution in [-0.2, 0) is 11.3 Å². The molecule has 0 aliphatic heterocycles. The molecule has 176 valence electrons. The molecule has 0 aliphatic rings. The van der Waals surface area contributed by atoms with Crippen molar-refractivity contribution >= 4 is 29.2 Å². The summed E-state index contributed by atoms with van der Waals surface area (Å²) in [5, 5.41) is -0.633. The molecule has 0 fully saturated rings. The van der Waals surface area contributed by atoms with Gasteiger partial charge in [0.2, 0.25) is 5.91 Å². The fourth-order valence-electron chi connectivity index (χ4n) is 3.32. The summed E-state index contributed by atoms with van der Waals surface area (Å²) in [6, 6.07) is 3.61. The molecule has 1 amide bonds. The van der Waals surface area contributed by atoms with Gasteiger partial charge in [-0.25, -0.2) is 13.6 Å². The Morgan fingerprint density at radius 1 is 1.12 bits per heavy atom. The molecule has 2 rings (SSSR count). The summed E-state index contributed by atoms with van der Waals surface area (Å²) in [4.78, 5) is 41.5. The quantitative estimate of drug-likeness (QED) is 0.586. The number of aromatic nitrogens is 2. The van der Waals surface area contributed by atoms with E-state index in [2.05, 4.69) is 4.98 Å². The van der Waals surface area contributed by atoms with E-state index in [1.54, 1.807) is 6.92 Å². The summed E-state index contributed by atoms with van der Waals surface area (Å²) in [5.41, 5.74) is 4.59. The SMILES string of the molecule is CC(C)CN(C(=O)CSC(C)c1c(F)cccc1F)c1c(N)n(CC(C)C)c(=O)[nH]c1=O. The molecule has 0 radical (unpaired) electrons. The van der Waals surface area contributed by atoms with E-state index in [4.69, 9.17) is 5.73 Å². The second-order valence-electron chi connectivity index (χ2n) is 8.48. The van der Waals surface area contributed by atoms with Crippen molar-refractivity contribution in [2.75, 3.05) is 22.9 Å². The van der Waals surface area contributed by atoms with Gasteiger partial charge < -0.3 is 10.6 Å². The fourth-order valence-corrected chi connectivity index (χ4v) is 4.26. The number of halogens is 2. The second kappa shape index (κ2) is 10.8. The van der Waals surface area contributed by atoms with Crippen molar-refractivity contribution in [3.63, 3.8) is 0 Å². The first-order valence-corrected chi connectivity index (χ1v) is 11.5. The Morgan fingerprint density at radius 3 is 2.25 bits per heavy atom. The summed E-state index contributed by atoms with van der Waals surface area (Å²) in [6.45, 7) is 9.61. The number of amides is 1. The fraction of sp³-hybridized carbons (Fsp3) is 0.500. The minimum atomic E-state index is -0.750. The number of hydrogen-bond acceptors (Lipinski definition) is 5. The molecule has 0 bridgehead atoms. The van der Waals surface area contributed by atoms with Crippen molar-refractivity contribution in [3.05, 3.63) is 56.2 Å². The molecule has 7 nitrogen and oxygen atoms in total. The molecular formula is C22H30F2N4O3S. The lowest BCUT2D eigenvalue weighted by molar-refractivity contribution is -0.116. The van der Waals surface area contributed by atoms with Gasteiger partial charge in [0.15, 0.2) is 5.69 Å². The standard InChI is InChI=1S/C22H30F2N4O3S/c1-12(2)9-27(19-20(25)28(10-13(3)4)22(31)26-21(19)30)17(29)11-32-14(5)18-15(23)7-6-8-16(18)24/h6-8,12-14H,9-11,25H2,1-5H3,(H,26,30,31). The Bertz CT molecular complexity index is 1060. The molecule has 10 heteroatoms. The molecule has 0 saturated carbocycles. The minimum Gasteiger partial charge on any atom is -0.383 e. The predicted molar refractivity (Wildman–Crippen MR) is 125 cm³/mol. The number of anilines is 2. The molecule has 1 aromatic carbocycles. The zero-order valence-electron chi connectivity index (χ0n) is 18.9. The van der Waals surface area contributed by atoms with Crippen LogP contribution in [0.5, 0.6) is 0 Å². The summed E-state index contributed by atoms with van der Waals surface area (Å²) in [6.07, 6.45) is 0. The van der Waals surface area contributed by atoms with Crippen molar-refractivity contribution in [2.24, 2.45) is 11.8 Å². The number of aromatic amines is 1. The van der Waals surface area contributed by atoms with Gasteiger partial charge in [0, 0.05) is 23.9 Å². The van der Waals surface area contributed by atoms with Gasteiger partial charge in [-0.2, -0.15) is 0 Å². The summed E-state index contributed by atoms with van der Waals surface area (Å²) < 4.78 is 29.4. The van der Waals surface area contributed by atoms with Crippen LogP contribution < -0.4 is 21.9 Å². The zero-order valence-corrected chi connectivity index (χ0v) is 19.8. The van der Waals surface area contributed by atoms with Gasteiger partial charge in [-0.3, -0.25) is 19.1 Å². The summed E-state index contributed by atoms with van der Waals surface area (Å²) in [7, 11) is 0. The van der Waals surface area contributed by atoms with Crippen LogP contribution in [0.3, 0.4) is 0 Å². The number of carbonyl (C=O) groups is 1. The number of thioether (sulfide) groups is 1. The maximum Gasteiger partial charge on any atom is 0.330 e. The van der Waals surface area contributed by atoms with Crippen LogP contribution in [0.4, 0.5) is 20.3 Å². The number of nitrogens with one attached hydrogen (secondary N) is 1. The van der Waals surface area contributed by atoms with Gasteiger partial charge >= 0.3 is 5.69 Å². The largest absolute Gasteiger partial charge is 0.383 e. The van der Waals surface area contributed by atoms with Crippen LogP contribution in [0.15, 0.2) is 27.8 Å². The average molecular weight is 469 g/mol. The highest BCUT2D eigenvalue weighted by atomic mass is 32.2. The monoisotopic (exact) mass is 468 g/mol. The minimum absolute atomic E-state index is 0.00494. The lowest BCUT2D eigenvalue weighted by Gasteiger charge is -2.27. The number of rotatable bonds is 9. The number of nitrogen functional groups attached to an aromatic ring is 1. The van der Waals surface area contributed by atoms with Gasteiger partial charge in [-0.1, -0.05) is 33.8 Å². The number of hydrogen-bond donors (Lipinski definition) is 2. The number of benzene rings is 1. The molecule has 0 saturated heterocycles. The van der Waals surface area contributed by atoms with E-state index < -0.39 is 34.0 Å². The van der Waals surface area contributed by atoms with E-state index in [1.807, 2.05) is 27.7 Å². The molecule has 1 atom stereocenters. The first kappa shape index (κ1) is 25.6. The Labute approximate surface area is 190 Å². The van der Waals surface area contributed by atoms with Crippen LogP contribution >= 0.6 is 11.8 Å². The molecule has 1 unspecified atom stereocenters. The Morgan fingerprint density at radius 2 is 1.72 bits per heavy atom. The highest BCUT2D eigenvalue weighted by molar-refractivity contribution is 8.00.